The van der Waals surface area contributed by atoms with E-state index in [1.165, 1.54) is 0 Å². The molecule has 3 heteroatoms. The standard InChI is InChI=1S/C15H14O3/c16-18-15(13-7-2-1-3-8-13)11-10-12-6-4-5-9-14(12)17-15/h1-9,16H,10-11H2. The van der Waals surface area contributed by atoms with Crippen molar-refractivity contribution in [1.82, 2.24) is 0 Å². The van der Waals surface area contributed by atoms with E-state index >= 15 is 0 Å². The van der Waals surface area contributed by atoms with E-state index in [-0.39, 0.29) is 0 Å². The lowest BCUT2D eigenvalue weighted by Gasteiger charge is -2.35. The van der Waals surface area contributed by atoms with Crippen molar-refractivity contribution in [1.29, 1.82) is 0 Å². The summed E-state index contributed by atoms with van der Waals surface area (Å²) >= 11 is 0. The number of hydrogen-bond acceptors (Lipinski definition) is 3. The fourth-order valence-electron chi connectivity index (χ4n) is 2.35. The van der Waals surface area contributed by atoms with Gasteiger partial charge in [-0.15, -0.1) is 0 Å². The summed E-state index contributed by atoms with van der Waals surface area (Å²) in [6.07, 6.45) is 1.40. The predicted octanol–water partition coefficient (Wildman–Crippen LogP) is 3.35. The molecule has 1 heterocycles. The van der Waals surface area contributed by atoms with Gasteiger partial charge in [0.2, 0.25) is 0 Å². The van der Waals surface area contributed by atoms with Crippen LogP contribution < -0.4 is 4.74 Å². The third-order valence-electron chi connectivity index (χ3n) is 3.33. The van der Waals surface area contributed by atoms with E-state index in [1.54, 1.807) is 0 Å². The third kappa shape index (κ3) is 1.78. The van der Waals surface area contributed by atoms with Crippen LogP contribution in [-0.4, -0.2) is 5.26 Å². The van der Waals surface area contributed by atoms with Crippen LogP contribution in [0.5, 0.6) is 5.75 Å². The molecule has 1 aliphatic rings. The summed E-state index contributed by atoms with van der Waals surface area (Å²) in [6.45, 7) is 0. The quantitative estimate of drug-likeness (QED) is 0.648. The van der Waals surface area contributed by atoms with Crippen molar-refractivity contribution in [2.45, 2.75) is 18.6 Å². The van der Waals surface area contributed by atoms with Crippen LogP contribution in [-0.2, 0) is 17.1 Å². The van der Waals surface area contributed by atoms with Gasteiger partial charge in [0.25, 0.3) is 5.79 Å². The van der Waals surface area contributed by atoms with Gasteiger partial charge in [-0.3, -0.25) is 0 Å². The first-order chi connectivity index (χ1) is 8.84. The molecule has 92 valence electrons. The van der Waals surface area contributed by atoms with Crippen molar-refractivity contribution in [3.63, 3.8) is 0 Å². The van der Waals surface area contributed by atoms with Gasteiger partial charge in [-0.1, -0.05) is 48.5 Å². The monoisotopic (exact) mass is 242 g/mol. The number of para-hydroxylation sites is 1. The first-order valence-electron chi connectivity index (χ1n) is 5.99. The molecule has 0 amide bonds. The average molecular weight is 242 g/mol. The predicted molar refractivity (Wildman–Crippen MR) is 67.2 cm³/mol. The van der Waals surface area contributed by atoms with Crippen LogP contribution in [0.3, 0.4) is 0 Å². The highest BCUT2D eigenvalue weighted by Gasteiger charge is 2.39. The second kappa shape index (κ2) is 4.44. The zero-order valence-electron chi connectivity index (χ0n) is 9.87. The number of benzene rings is 2. The smallest absolute Gasteiger partial charge is 0.266 e. The van der Waals surface area contributed by atoms with Crippen molar-refractivity contribution in [3.8, 4) is 5.75 Å². The molecular weight excluding hydrogens is 228 g/mol. The van der Waals surface area contributed by atoms with Gasteiger partial charge in [-0.25, -0.2) is 5.26 Å². The molecule has 0 spiro atoms. The molecule has 1 N–H and O–H groups in total. The Kier molecular flexibility index (Phi) is 2.78. The van der Waals surface area contributed by atoms with Gasteiger partial charge in [0, 0.05) is 12.0 Å². The molecule has 3 nitrogen and oxygen atoms in total. The Morgan fingerprint density at radius 3 is 2.50 bits per heavy atom. The molecule has 0 aliphatic carbocycles. The summed E-state index contributed by atoms with van der Waals surface area (Å²) in [6, 6.07) is 17.3. The Morgan fingerprint density at radius 1 is 1.00 bits per heavy atom. The largest absolute Gasteiger partial charge is 0.455 e. The summed E-state index contributed by atoms with van der Waals surface area (Å²) in [7, 11) is 0. The SMILES string of the molecule is OOC1(c2ccccc2)CCc2ccccc2O1. The molecule has 1 atom stereocenters. The van der Waals surface area contributed by atoms with E-state index in [0.29, 0.717) is 6.42 Å². The summed E-state index contributed by atoms with van der Waals surface area (Å²) in [5, 5.41) is 9.30. The molecule has 2 aromatic carbocycles. The van der Waals surface area contributed by atoms with E-state index in [1.807, 2.05) is 54.6 Å². The molecule has 0 fully saturated rings. The lowest BCUT2D eigenvalue weighted by Crippen LogP contribution is -2.38. The number of hydrogen-bond donors (Lipinski definition) is 1. The fourth-order valence-corrected chi connectivity index (χ4v) is 2.35. The highest BCUT2D eigenvalue weighted by Crippen LogP contribution is 2.39. The van der Waals surface area contributed by atoms with E-state index < -0.39 is 5.79 Å². The summed E-state index contributed by atoms with van der Waals surface area (Å²) in [5.74, 6) is -0.322. The zero-order valence-corrected chi connectivity index (χ0v) is 9.87. The Balaban J connectivity index is 2.01. The van der Waals surface area contributed by atoms with Crippen molar-refractivity contribution >= 4 is 0 Å². The van der Waals surface area contributed by atoms with Crippen LogP contribution in [0.4, 0.5) is 0 Å². The normalized spacial score (nSPS) is 22.1. The maximum absolute atomic E-state index is 9.30. The molecule has 0 saturated heterocycles. The molecule has 18 heavy (non-hydrogen) atoms. The highest BCUT2D eigenvalue weighted by atomic mass is 17.1. The van der Waals surface area contributed by atoms with Crippen LogP contribution in [0.1, 0.15) is 17.5 Å². The summed E-state index contributed by atoms with van der Waals surface area (Å²) in [4.78, 5) is 4.70. The van der Waals surface area contributed by atoms with Gasteiger partial charge in [0.1, 0.15) is 5.75 Å². The average Bonchev–Trinajstić information content (AvgIpc) is 2.47. The molecule has 0 bridgehead atoms. The van der Waals surface area contributed by atoms with Crippen LogP contribution in [0.25, 0.3) is 0 Å². The lowest BCUT2D eigenvalue weighted by atomic mass is 9.94. The summed E-state index contributed by atoms with van der Waals surface area (Å²) < 4.78 is 5.88. The second-order valence-electron chi connectivity index (χ2n) is 4.42. The van der Waals surface area contributed by atoms with Crippen molar-refractivity contribution < 1.29 is 14.9 Å². The summed E-state index contributed by atoms with van der Waals surface area (Å²) in [5.41, 5.74) is 1.96. The molecule has 2 aromatic rings. The molecular formula is C15H14O3. The van der Waals surface area contributed by atoms with E-state index in [2.05, 4.69) is 0 Å². The van der Waals surface area contributed by atoms with Gasteiger partial charge < -0.3 is 4.74 Å². The molecule has 0 aromatic heterocycles. The maximum Gasteiger partial charge on any atom is 0.266 e. The molecule has 1 aliphatic heterocycles. The van der Waals surface area contributed by atoms with Crippen molar-refractivity contribution in [2.24, 2.45) is 0 Å². The number of ether oxygens (including phenoxy) is 1. The first kappa shape index (κ1) is 11.3. The minimum atomic E-state index is -1.09. The molecule has 3 rings (SSSR count). The van der Waals surface area contributed by atoms with Crippen molar-refractivity contribution in [3.05, 3.63) is 65.7 Å². The zero-order chi connectivity index (χ0) is 12.4. The number of rotatable bonds is 2. The van der Waals surface area contributed by atoms with Gasteiger partial charge >= 0.3 is 0 Å². The van der Waals surface area contributed by atoms with Gasteiger partial charge in [0.15, 0.2) is 0 Å². The topological polar surface area (TPSA) is 38.7 Å². The number of aryl methyl sites for hydroxylation is 1. The molecule has 0 saturated carbocycles. The second-order valence-corrected chi connectivity index (χ2v) is 4.42. The Bertz CT molecular complexity index is 538. The third-order valence-corrected chi connectivity index (χ3v) is 3.33. The fraction of sp³-hybridized carbons (Fsp3) is 0.200. The number of fused-ring (bicyclic) bond motifs is 1. The Labute approximate surface area is 106 Å². The lowest BCUT2D eigenvalue weighted by molar-refractivity contribution is -0.394. The van der Waals surface area contributed by atoms with Crippen LogP contribution in [0, 0.1) is 0 Å². The van der Waals surface area contributed by atoms with Gasteiger partial charge in [-0.2, -0.15) is 4.89 Å². The minimum Gasteiger partial charge on any atom is -0.455 e. The molecule has 0 radical (unpaired) electrons. The van der Waals surface area contributed by atoms with E-state index in [0.717, 1.165) is 23.3 Å². The van der Waals surface area contributed by atoms with E-state index in [4.69, 9.17) is 9.62 Å². The van der Waals surface area contributed by atoms with E-state index in [9.17, 15) is 5.26 Å². The van der Waals surface area contributed by atoms with Gasteiger partial charge in [-0.05, 0) is 18.1 Å². The maximum atomic E-state index is 9.30. The van der Waals surface area contributed by atoms with Crippen LogP contribution in [0.2, 0.25) is 0 Å². The Hall–Kier alpha value is -1.84. The Morgan fingerprint density at radius 2 is 1.72 bits per heavy atom. The highest BCUT2D eigenvalue weighted by molar-refractivity contribution is 5.37. The van der Waals surface area contributed by atoms with Crippen LogP contribution in [0.15, 0.2) is 54.6 Å². The minimum absolute atomic E-state index is 0.588. The van der Waals surface area contributed by atoms with Crippen LogP contribution >= 0.6 is 0 Å². The first-order valence-corrected chi connectivity index (χ1v) is 5.99. The van der Waals surface area contributed by atoms with Crippen molar-refractivity contribution in [2.75, 3.05) is 0 Å². The van der Waals surface area contributed by atoms with Gasteiger partial charge in [0.05, 0.1) is 0 Å². The molecule has 1 unspecified atom stereocenters.